The fraction of sp³-hybridized carbons (Fsp3) is 0.588. The average Bonchev–Trinajstić information content (AvgIpc) is 3.09. The molecule has 3 rings (SSSR count). The Bertz CT molecular complexity index is 772. The minimum Gasteiger partial charge on any atom is -0.335 e. The van der Waals surface area contributed by atoms with E-state index in [-0.39, 0.29) is 5.91 Å². The number of carbonyl (C=O) groups is 1. The zero-order chi connectivity index (χ0) is 18.1. The number of aryl methyl sites for hydroxylation is 2. The van der Waals surface area contributed by atoms with Gasteiger partial charge in [0.15, 0.2) is 5.69 Å². The van der Waals surface area contributed by atoms with E-state index in [4.69, 9.17) is 0 Å². The van der Waals surface area contributed by atoms with Crippen LogP contribution in [0.25, 0.3) is 0 Å². The lowest BCUT2D eigenvalue weighted by Crippen LogP contribution is -2.48. The van der Waals surface area contributed by atoms with Crippen LogP contribution in [0.3, 0.4) is 0 Å². The van der Waals surface area contributed by atoms with Gasteiger partial charge in [0.05, 0.1) is 16.4 Å². The highest BCUT2D eigenvalue weighted by Crippen LogP contribution is 2.22. The Balaban J connectivity index is 1.60. The average molecular weight is 409 g/mol. The predicted molar refractivity (Wildman–Crippen MR) is 99.5 cm³/mol. The lowest BCUT2D eigenvalue weighted by Gasteiger charge is -2.34. The van der Waals surface area contributed by atoms with Crippen LogP contribution in [-0.2, 0) is 20.1 Å². The fourth-order valence-electron chi connectivity index (χ4n) is 3.18. The van der Waals surface area contributed by atoms with Crippen molar-refractivity contribution in [2.24, 2.45) is 7.05 Å². The van der Waals surface area contributed by atoms with E-state index in [1.165, 1.54) is 11.3 Å². The Hall–Kier alpha value is -1.67. The predicted octanol–water partition coefficient (Wildman–Crippen LogP) is 1.97. The van der Waals surface area contributed by atoms with Gasteiger partial charge in [-0.25, -0.2) is 0 Å². The van der Waals surface area contributed by atoms with Crippen LogP contribution in [0.5, 0.6) is 0 Å². The molecular weight excluding hydrogens is 384 g/mol. The third-order valence-corrected chi connectivity index (χ3v) is 5.97. The summed E-state index contributed by atoms with van der Waals surface area (Å²) in [5.74, 6) is 0.00482. The van der Waals surface area contributed by atoms with Crippen molar-refractivity contribution in [3.05, 3.63) is 33.3 Å². The zero-order valence-corrected chi connectivity index (χ0v) is 16.9. The van der Waals surface area contributed by atoms with Crippen molar-refractivity contribution < 1.29 is 4.79 Å². The summed E-state index contributed by atoms with van der Waals surface area (Å²) >= 11 is 3.49. The molecule has 0 aromatic carbocycles. The second-order valence-electron chi connectivity index (χ2n) is 6.51. The standard InChI is InChI=1S/C17H25BrN6O/c1-5-24-12(2)14(10-19-24)11-22-6-8-23(9-7-22)17(25)16-15(18)13(3)21(4)20-16/h10H,5-9,11H2,1-4H3. The smallest absolute Gasteiger partial charge is 0.275 e. The van der Waals surface area contributed by atoms with Gasteiger partial charge in [-0.3, -0.25) is 19.1 Å². The molecule has 25 heavy (non-hydrogen) atoms. The van der Waals surface area contributed by atoms with Crippen molar-refractivity contribution in [1.29, 1.82) is 0 Å². The molecule has 0 aliphatic carbocycles. The van der Waals surface area contributed by atoms with Crippen molar-refractivity contribution in [3.8, 4) is 0 Å². The van der Waals surface area contributed by atoms with Gasteiger partial charge in [0.1, 0.15) is 0 Å². The molecule has 1 aliphatic rings. The molecule has 7 nitrogen and oxygen atoms in total. The number of amides is 1. The van der Waals surface area contributed by atoms with E-state index in [9.17, 15) is 4.79 Å². The zero-order valence-electron chi connectivity index (χ0n) is 15.3. The van der Waals surface area contributed by atoms with E-state index in [1.54, 1.807) is 4.68 Å². The minimum absolute atomic E-state index is 0.00482. The maximum Gasteiger partial charge on any atom is 0.275 e. The lowest BCUT2D eigenvalue weighted by atomic mass is 10.2. The molecule has 0 unspecified atom stereocenters. The summed E-state index contributed by atoms with van der Waals surface area (Å²) in [6, 6.07) is 0. The lowest BCUT2D eigenvalue weighted by molar-refractivity contribution is 0.0620. The Kier molecular flexibility index (Phi) is 5.29. The van der Waals surface area contributed by atoms with Crippen molar-refractivity contribution in [3.63, 3.8) is 0 Å². The van der Waals surface area contributed by atoms with Gasteiger partial charge in [0.2, 0.25) is 0 Å². The Morgan fingerprint density at radius 2 is 1.88 bits per heavy atom. The molecule has 1 amide bonds. The molecular formula is C17H25BrN6O. The van der Waals surface area contributed by atoms with E-state index in [2.05, 4.69) is 44.9 Å². The van der Waals surface area contributed by atoms with Gasteiger partial charge < -0.3 is 4.90 Å². The first-order valence-electron chi connectivity index (χ1n) is 8.64. The van der Waals surface area contributed by atoms with E-state index in [0.29, 0.717) is 5.69 Å². The third kappa shape index (κ3) is 3.50. The first-order chi connectivity index (χ1) is 11.9. The molecule has 136 valence electrons. The van der Waals surface area contributed by atoms with Crippen LogP contribution in [0, 0.1) is 13.8 Å². The normalized spacial score (nSPS) is 15.8. The molecule has 2 aromatic rings. The molecule has 2 aromatic heterocycles. The van der Waals surface area contributed by atoms with Crippen molar-refractivity contribution in [2.45, 2.75) is 33.9 Å². The van der Waals surface area contributed by atoms with Crippen LogP contribution in [0.4, 0.5) is 0 Å². The van der Waals surface area contributed by atoms with Gasteiger partial charge in [-0.05, 0) is 36.7 Å². The van der Waals surface area contributed by atoms with Crippen molar-refractivity contribution >= 4 is 21.8 Å². The summed E-state index contributed by atoms with van der Waals surface area (Å²) in [6.07, 6.45) is 1.96. The number of aromatic nitrogens is 4. The maximum atomic E-state index is 12.7. The largest absolute Gasteiger partial charge is 0.335 e. The summed E-state index contributed by atoms with van der Waals surface area (Å²) in [5.41, 5.74) is 3.97. The Morgan fingerprint density at radius 1 is 1.20 bits per heavy atom. The first-order valence-corrected chi connectivity index (χ1v) is 9.43. The fourth-order valence-corrected chi connectivity index (χ4v) is 3.68. The first kappa shape index (κ1) is 18.1. The van der Waals surface area contributed by atoms with Crippen LogP contribution in [-0.4, -0.2) is 61.4 Å². The number of nitrogens with zero attached hydrogens (tertiary/aromatic N) is 6. The molecule has 8 heteroatoms. The van der Waals surface area contributed by atoms with Gasteiger partial charge in [0.25, 0.3) is 5.91 Å². The Morgan fingerprint density at radius 3 is 2.40 bits per heavy atom. The van der Waals surface area contributed by atoms with Gasteiger partial charge >= 0.3 is 0 Å². The van der Waals surface area contributed by atoms with E-state index < -0.39 is 0 Å². The number of hydrogen-bond donors (Lipinski definition) is 0. The second-order valence-corrected chi connectivity index (χ2v) is 7.30. The summed E-state index contributed by atoms with van der Waals surface area (Å²) in [5, 5.41) is 8.76. The molecule has 3 heterocycles. The molecule has 1 aliphatic heterocycles. The van der Waals surface area contributed by atoms with Crippen molar-refractivity contribution in [2.75, 3.05) is 26.2 Å². The Labute approximate surface area is 156 Å². The van der Waals surface area contributed by atoms with E-state index in [1.807, 2.05) is 29.7 Å². The highest BCUT2D eigenvalue weighted by molar-refractivity contribution is 9.10. The molecule has 0 N–H and O–H groups in total. The number of halogens is 1. The van der Waals surface area contributed by atoms with Gasteiger partial charge in [-0.15, -0.1) is 0 Å². The van der Waals surface area contributed by atoms with Crippen LogP contribution in [0.2, 0.25) is 0 Å². The van der Waals surface area contributed by atoms with E-state index in [0.717, 1.165) is 49.4 Å². The molecule has 1 saturated heterocycles. The molecule has 0 saturated carbocycles. The second kappa shape index (κ2) is 7.29. The molecule has 0 spiro atoms. The molecule has 1 fully saturated rings. The topological polar surface area (TPSA) is 59.2 Å². The molecule has 0 radical (unpaired) electrons. The third-order valence-electron chi connectivity index (χ3n) is 5.02. The summed E-state index contributed by atoms with van der Waals surface area (Å²) in [4.78, 5) is 17.0. The van der Waals surface area contributed by atoms with Crippen molar-refractivity contribution in [1.82, 2.24) is 29.4 Å². The highest BCUT2D eigenvalue weighted by atomic mass is 79.9. The SMILES string of the molecule is CCn1ncc(CN2CCN(C(=O)c3nn(C)c(C)c3Br)CC2)c1C. The number of hydrogen-bond acceptors (Lipinski definition) is 4. The van der Waals surface area contributed by atoms with Crippen LogP contribution < -0.4 is 0 Å². The monoisotopic (exact) mass is 408 g/mol. The van der Waals surface area contributed by atoms with Gasteiger partial charge in [-0.2, -0.15) is 10.2 Å². The number of carbonyl (C=O) groups excluding carboxylic acids is 1. The summed E-state index contributed by atoms with van der Waals surface area (Å²) < 4.78 is 4.56. The van der Waals surface area contributed by atoms with E-state index >= 15 is 0 Å². The highest BCUT2D eigenvalue weighted by Gasteiger charge is 2.27. The number of piperazine rings is 1. The maximum absolute atomic E-state index is 12.7. The molecule has 0 bridgehead atoms. The summed E-state index contributed by atoms with van der Waals surface area (Å²) in [6.45, 7) is 11.1. The quantitative estimate of drug-likeness (QED) is 0.775. The van der Waals surface area contributed by atoms with Crippen LogP contribution >= 0.6 is 15.9 Å². The molecule has 0 atom stereocenters. The van der Waals surface area contributed by atoms with Crippen LogP contribution in [0.1, 0.15) is 34.4 Å². The number of rotatable bonds is 4. The van der Waals surface area contributed by atoms with Gasteiger partial charge in [-0.1, -0.05) is 0 Å². The van der Waals surface area contributed by atoms with Gasteiger partial charge in [0, 0.05) is 57.6 Å². The van der Waals surface area contributed by atoms with Crippen LogP contribution in [0.15, 0.2) is 10.7 Å². The minimum atomic E-state index is 0.00482. The summed E-state index contributed by atoms with van der Waals surface area (Å²) in [7, 11) is 1.85.